The van der Waals surface area contributed by atoms with Gasteiger partial charge in [0.25, 0.3) is 0 Å². The van der Waals surface area contributed by atoms with Gasteiger partial charge in [0, 0.05) is 73.3 Å². The smallest absolute Gasteiger partial charge is 0.248 e. The number of aliphatic hydroxyl groups excluding tert-OH is 1. The molecule has 0 radical (unpaired) electrons. The van der Waals surface area contributed by atoms with Crippen molar-refractivity contribution in [3.05, 3.63) is 285 Å². The molecule has 754 valence electrons. The number of aryl methyl sites for hydroxylation is 2. The van der Waals surface area contributed by atoms with Crippen LogP contribution < -0.4 is 30.7 Å². The molecule has 8 amide bonds. The topological polar surface area (TPSA) is 290 Å². The van der Waals surface area contributed by atoms with Crippen LogP contribution in [-0.2, 0) is 65.7 Å². The second kappa shape index (κ2) is 57.6. The average molecular weight is 1960 g/mol. The molecule has 0 aliphatic carbocycles. The van der Waals surface area contributed by atoms with E-state index in [9.17, 15) is 43.5 Å². The number of nitrogens with one attached hydrogen (secondary N) is 4. The molecule has 4 heterocycles. The number of allylic oxidation sites excluding steroid dienone is 2. The van der Waals surface area contributed by atoms with Gasteiger partial charge >= 0.3 is 0 Å². The Morgan fingerprint density at radius 1 is 0.454 bits per heavy atom. The first kappa shape index (κ1) is 112. The van der Waals surface area contributed by atoms with Crippen LogP contribution in [0.5, 0.6) is 11.5 Å². The number of nitrogens with zero attached hydrogens (tertiary/aromatic N) is 6. The normalized spacial score (nSPS) is 15.2. The Morgan fingerprint density at radius 2 is 0.844 bits per heavy atom. The predicted octanol–water partition coefficient (Wildman–Crippen LogP) is 20.0. The lowest BCUT2D eigenvalue weighted by Crippen LogP contribution is -2.58. The molecule has 141 heavy (non-hydrogen) atoms. The van der Waals surface area contributed by atoms with Crippen LogP contribution in [0.15, 0.2) is 229 Å². The lowest BCUT2D eigenvalue weighted by atomic mass is 9.85. The molecule has 2 aliphatic heterocycles. The van der Waals surface area contributed by atoms with Gasteiger partial charge in [-0.15, -0.1) is 22.7 Å². The Kier molecular flexibility index (Phi) is 45.9. The van der Waals surface area contributed by atoms with Gasteiger partial charge in [-0.25, -0.2) is 9.97 Å². The number of rotatable bonds is 43. The second-order valence-electron chi connectivity index (χ2n) is 37.9. The maximum absolute atomic E-state index is 13.6. The summed E-state index contributed by atoms with van der Waals surface area (Å²) >= 11 is 3.20. The van der Waals surface area contributed by atoms with E-state index in [4.69, 9.17) is 23.7 Å². The van der Waals surface area contributed by atoms with Gasteiger partial charge in [-0.05, 0) is 171 Å². The van der Waals surface area contributed by atoms with Crippen LogP contribution in [0.25, 0.3) is 43.2 Å². The SMILES string of the molecule is CC/C(=C(\c1ccccc1)c1ccc(OCCN(C)C(=O)COCCOC)cc1)c1ccccc1.CCCCC(=O)N(C)CCOc1ccc(/C(=C(/CC)c2ccccc2)c2ccccc2)cc1.CCCCC(=O)N[C@H](C(=O)N1C[C@H](C)C[C@H]1C(=O)NCc1ccc(-c2scnc2C)cc1)C(C)(C)C.CCCOCC(=O)N[C@H](C(=O)N1C[C@H](O)C[C@H]1C(=O)NCc1ccc(-c2scnc2C)cc1)C(C)(C)C. The summed E-state index contributed by atoms with van der Waals surface area (Å²) in [5.74, 6) is 0.343. The molecule has 6 atom stereocenters. The van der Waals surface area contributed by atoms with E-state index in [1.807, 2.05) is 172 Å². The van der Waals surface area contributed by atoms with Crippen molar-refractivity contribution < 1.29 is 67.1 Å². The monoisotopic (exact) mass is 1960 g/mol. The highest BCUT2D eigenvalue weighted by molar-refractivity contribution is 7.13. The minimum Gasteiger partial charge on any atom is -0.492 e. The molecule has 0 unspecified atom stereocenters. The zero-order chi connectivity index (χ0) is 102. The molecule has 5 N–H and O–H groups in total. The Hall–Kier alpha value is -12.3. The zero-order valence-electron chi connectivity index (χ0n) is 85.6. The van der Waals surface area contributed by atoms with Crippen LogP contribution in [0.4, 0.5) is 0 Å². The van der Waals surface area contributed by atoms with E-state index in [-0.39, 0.29) is 73.4 Å². The number of hydrogen-bond donors (Lipinski definition) is 5. The maximum Gasteiger partial charge on any atom is 0.248 e. The highest BCUT2D eigenvalue weighted by atomic mass is 32.1. The van der Waals surface area contributed by atoms with Crippen LogP contribution in [0.3, 0.4) is 0 Å². The van der Waals surface area contributed by atoms with Gasteiger partial charge in [0.1, 0.15) is 62.1 Å². The minimum absolute atomic E-state index is 0.0363. The number of carbonyl (C=O) groups excluding carboxylic acids is 8. The molecule has 24 nitrogen and oxygen atoms in total. The molecule has 2 aliphatic rings. The molecule has 26 heteroatoms. The standard InChI is InChI=1S/C30H35NO4.C30H35NO2.C28H40N4O3S.C27H38N4O5S/c1-4-28(24-11-7-5-8-12-24)30(25-13-9-6-10-14-25)26-15-17-27(18-16-26)35-20-19-31(2)29(32)23-34-22-21-33-3;1-4-6-17-29(32)31(3)22-23-33-27-20-18-26(19-21-27)30(25-15-11-8-12-16-25)28(5-2)24-13-9-7-10-14-24;1-7-8-9-23(33)31-25(28(4,5)6)27(35)32-16-18(2)14-22(32)26(34)29-15-20-10-12-21(13-11-20)24-19(3)30-17-36-24;1-6-11-36-15-22(33)30-24(27(3,4)5)26(35)31-14-20(32)12-21(31)25(34)28-13-18-7-9-19(10-8-18)23-17(2)29-16-37-23/h5-18H,4,19-23H2,1-3H3;7-16,18-21H,4-6,17,22-23H2,1-3H3;10-13,17-18,22,25H,7-9,14-16H2,1-6H3,(H,29,34)(H,31,33);7-10,16,20-21,24,32H,6,11-15H2,1-5H3,(H,28,34)(H,30,33)/b2*30-28-;;/t;;18-,22+,25-;20-,21+,24-/m..11/s1. The molecule has 0 bridgehead atoms. The third-order valence-corrected chi connectivity index (χ3v) is 26.6. The molecule has 2 aromatic heterocycles. The van der Waals surface area contributed by atoms with Gasteiger partial charge in [-0.1, -0.05) is 290 Å². The van der Waals surface area contributed by atoms with Gasteiger partial charge in [-0.2, -0.15) is 0 Å². The number of likely N-dealkylation sites (N-methyl/N-ethyl adjacent to an activating group) is 2. The number of unbranched alkanes of at least 4 members (excludes halogenated alkanes) is 2. The van der Waals surface area contributed by atoms with Crippen molar-refractivity contribution in [3.63, 3.8) is 0 Å². The van der Waals surface area contributed by atoms with Crippen LogP contribution in [0.1, 0.15) is 210 Å². The minimum atomic E-state index is -0.867. The molecule has 2 saturated heterocycles. The summed E-state index contributed by atoms with van der Waals surface area (Å²) in [6.07, 6.45) is 7.26. The Balaban J connectivity index is 0.000000210. The quantitative estimate of drug-likeness (QED) is 0.0175. The van der Waals surface area contributed by atoms with Crippen molar-refractivity contribution in [2.75, 3.05) is 93.6 Å². The number of thiazole rings is 2. The largest absolute Gasteiger partial charge is 0.492 e. The lowest BCUT2D eigenvalue weighted by Gasteiger charge is -2.35. The van der Waals surface area contributed by atoms with Crippen LogP contribution in [-0.4, -0.2) is 206 Å². The van der Waals surface area contributed by atoms with Gasteiger partial charge < -0.3 is 69.7 Å². The molecule has 10 aromatic rings. The van der Waals surface area contributed by atoms with E-state index in [1.165, 1.54) is 55.0 Å². The number of amides is 8. The van der Waals surface area contributed by atoms with Gasteiger partial charge in [0.05, 0.1) is 64.6 Å². The first-order chi connectivity index (χ1) is 67.8. The average Bonchev–Trinajstić information content (AvgIpc) is 1.52. The summed E-state index contributed by atoms with van der Waals surface area (Å²) in [6, 6.07) is 71.8. The lowest BCUT2D eigenvalue weighted by molar-refractivity contribution is -0.144. The fourth-order valence-corrected chi connectivity index (χ4v) is 18.3. The van der Waals surface area contributed by atoms with Crippen LogP contribution in [0, 0.1) is 30.6 Å². The van der Waals surface area contributed by atoms with Crippen molar-refractivity contribution >= 4 is 92.2 Å². The van der Waals surface area contributed by atoms with Crippen LogP contribution >= 0.6 is 22.7 Å². The van der Waals surface area contributed by atoms with Crippen LogP contribution in [0.2, 0.25) is 0 Å². The van der Waals surface area contributed by atoms with E-state index in [2.05, 4.69) is 192 Å². The molecule has 8 aromatic carbocycles. The number of β-amino-alcohol motifs (C(OH)–C–C–N with tert-alkyl or cyclic N) is 1. The number of likely N-dealkylation sites (tertiary alicyclic amines) is 2. The van der Waals surface area contributed by atoms with Gasteiger partial charge in [0.2, 0.25) is 47.3 Å². The summed E-state index contributed by atoms with van der Waals surface area (Å²) < 4.78 is 27.4. The third-order valence-electron chi connectivity index (χ3n) is 24.6. The summed E-state index contributed by atoms with van der Waals surface area (Å²) in [5.41, 5.74) is 21.0. The zero-order valence-corrected chi connectivity index (χ0v) is 87.3. The molecule has 0 saturated carbocycles. The highest BCUT2D eigenvalue weighted by Gasteiger charge is 2.46. The Bertz CT molecular complexity index is 5610. The number of carbonyl (C=O) groups is 8. The number of methoxy groups -OCH3 is 1. The predicted molar refractivity (Wildman–Crippen MR) is 567 cm³/mol. The summed E-state index contributed by atoms with van der Waals surface area (Å²) in [5, 5.41) is 22.0. The number of aliphatic hydroxyl groups is 1. The molecule has 12 rings (SSSR count). The van der Waals surface area contributed by atoms with E-state index in [0.717, 1.165) is 105 Å². The molecule has 0 spiro atoms. The van der Waals surface area contributed by atoms with E-state index >= 15 is 0 Å². The maximum atomic E-state index is 13.6. The van der Waals surface area contributed by atoms with Crippen molar-refractivity contribution in [1.29, 1.82) is 0 Å². The van der Waals surface area contributed by atoms with Gasteiger partial charge in [-0.3, -0.25) is 38.4 Å². The van der Waals surface area contributed by atoms with Crippen molar-refractivity contribution in [3.8, 4) is 32.4 Å². The van der Waals surface area contributed by atoms with E-state index in [0.29, 0.717) is 85.0 Å². The van der Waals surface area contributed by atoms with E-state index < -0.39 is 47.0 Å². The summed E-state index contributed by atoms with van der Waals surface area (Å²) in [6.45, 7) is 32.3. The first-order valence-electron chi connectivity index (χ1n) is 49.5. The Labute approximate surface area is 843 Å². The van der Waals surface area contributed by atoms with Gasteiger partial charge in [0.15, 0.2) is 0 Å². The number of hydrogen-bond acceptors (Lipinski definition) is 18. The van der Waals surface area contributed by atoms with Crippen molar-refractivity contribution in [1.82, 2.24) is 50.8 Å². The number of ether oxygens (including phenoxy) is 5. The number of aromatic nitrogens is 2. The van der Waals surface area contributed by atoms with E-state index in [1.54, 1.807) is 51.5 Å². The fourth-order valence-electron chi connectivity index (χ4n) is 16.7. The molecular formula is C115H148N10O14S2. The Morgan fingerprint density at radius 3 is 1.24 bits per heavy atom. The molecule has 2 fully saturated rings. The van der Waals surface area contributed by atoms with Crippen molar-refractivity contribution in [2.24, 2.45) is 16.7 Å². The summed E-state index contributed by atoms with van der Waals surface area (Å²) in [4.78, 5) is 120. The van der Waals surface area contributed by atoms with Crippen molar-refractivity contribution in [2.45, 2.75) is 211 Å². The first-order valence-corrected chi connectivity index (χ1v) is 51.2. The second-order valence-corrected chi connectivity index (χ2v) is 39.6. The number of benzene rings is 8. The summed E-state index contributed by atoms with van der Waals surface area (Å²) in [7, 11) is 5.20. The highest BCUT2D eigenvalue weighted by Crippen LogP contribution is 2.39. The third kappa shape index (κ3) is 34.8. The molecular weight excluding hydrogens is 1810 g/mol. The fraction of sp³-hybridized carbons (Fsp3) is 0.426.